The van der Waals surface area contributed by atoms with E-state index in [4.69, 9.17) is 10.5 Å². The topological polar surface area (TPSA) is 68.5 Å². The van der Waals surface area contributed by atoms with Crippen LogP contribution in [0.4, 0.5) is 0 Å². The Morgan fingerprint density at radius 2 is 2.15 bits per heavy atom. The molecule has 0 bridgehead atoms. The molecule has 0 saturated heterocycles. The van der Waals surface area contributed by atoms with Gasteiger partial charge in [-0.05, 0) is 62.1 Å². The molecule has 2 N–H and O–H groups in total. The van der Waals surface area contributed by atoms with Crippen LogP contribution in [0.1, 0.15) is 61.0 Å². The Balaban J connectivity index is 1.69. The third-order valence-corrected chi connectivity index (χ3v) is 5.28. The van der Waals surface area contributed by atoms with Gasteiger partial charge in [0.05, 0.1) is 5.56 Å². The van der Waals surface area contributed by atoms with Gasteiger partial charge in [0.1, 0.15) is 5.75 Å². The number of benzene rings is 1. The molecule has 27 heavy (non-hydrogen) atoms. The van der Waals surface area contributed by atoms with Crippen LogP contribution in [0.5, 0.6) is 11.6 Å². The summed E-state index contributed by atoms with van der Waals surface area (Å²) in [7, 11) is 0. The standard InChI is InChI=1S/C22H29N3O2/c1-3-4-6-16(2)25-12-5-7-17-13-20(10-8-19(17)15-25)27-21-11-9-18(14-24-21)22(23)26/h8-11,13-14,16H,3-7,12,15H2,1-2H3,(H2,23,26). The van der Waals surface area contributed by atoms with Crippen molar-refractivity contribution in [2.45, 2.75) is 58.5 Å². The number of fused-ring (bicyclic) bond motifs is 1. The van der Waals surface area contributed by atoms with Gasteiger partial charge in [-0.25, -0.2) is 4.98 Å². The number of carbonyl (C=O) groups excluding carboxylic acids is 1. The third-order valence-electron chi connectivity index (χ3n) is 5.28. The number of unbranched alkanes of at least 4 members (excludes halogenated alkanes) is 1. The molecule has 1 unspecified atom stereocenters. The summed E-state index contributed by atoms with van der Waals surface area (Å²) in [4.78, 5) is 17.9. The molecular formula is C22H29N3O2. The number of nitrogens with two attached hydrogens (primary N) is 1. The molecule has 3 rings (SSSR count). The largest absolute Gasteiger partial charge is 0.439 e. The Bertz CT molecular complexity index is 774. The molecule has 2 heterocycles. The van der Waals surface area contributed by atoms with Gasteiger partial charge in [-0.2, -0.15) is 0 Å². The molecular weight excluding hydrogens is 338 g/mol. The van der Waals surface area contributed by atoms with Crippen molar-refractivity contribution in [1.82, 2.24) is 9.88 Å². The lowest BCUT2D eigenvalue weighted by Crippen LogP contribution is -2.32. The number of aromatic nitrogens is 1. The zero-order valence-corrected chi connectivity index (χ0v) is 16.3. The van der Waals surface area contributed by atoms with E-state index in [0.29, 0.717) is 17.5 Å². The van der Waals surface area contributed by atoms with Gasteiger partial charge >= 0.3 is 0 Å². The molecule has 5 heteroatoms. The zero-order valence-electron chi connectivity index (χ0n) is 16.3. The summed E-state index contributed by atoms with van der Waals surface area (Å²) >= 11 is 0. The molecule has 1 aliphatic heterocycles. The van der Waals surface area contributed by atoms with Gasteiger partial charge in [0.25, 0.3) is 0 Å². The van der Waals surface area contributed by atoms with Crippen LogP contribution in [0.2, 0.25) is 0 Å². The van der Waals surface area contributed by atoms with Crippen molar-refractivity contribution in [1.29, 1.82) is 0 Å². The number of nitrogens with zero attached hydrogens (tertiary/aromatic N) is 2. The minimum Gasteiger partial charge on any atom is -0.439 e. The summed E-state index contributed by atoms with van der Waals surface area (Å²) in [5.41, 5.74) is 8.36. The molecule has 5 nitrogen and oxygen atoms in total. The second kappa shape index (κ2) is 9.00. The molecule has 0 radical (unpaired) electrons. The number of hydrogen-bond acceptors (Lipinski definition) is 4. The Kier molecular flexibility index (Phi) is 6.45. The molecule has 1 atom stereocenters. The van der Waals surface area contributed by atoms with Crippen molar-refractivity contribution < 1.29 is 9.53 Å². The first-order chi connectivity index (χ1) is 13.1. The summed E-state index contributed by atoms with van der Waals surface area (Å²) in [6, 6.07) is 10.2. The van der Waals surface area contributed by atoms with Crippen LogP contribution >= 0.6 is 0 Å². The van der Waals surface area contributed by atoms with Crippen molar-refractivity contribution in [2.24, 2.45) is 5.73 Å². The minimum absolute atomic E-state index is 0.376. The van der Waals surface area contributed by atoms with Gasteiger partial charge in [-0.3, -0.25) is 9.69 Å². The number of amides is 1. The van der Waals surface area contributed by atoms with Crippen molar-refractivity contribution in [3.8, 4) is 11.6 Å². The van der Waals surface area contributed by atoms with Gasteiger partial charge in [0.15, 0.2) is 0 Å². The number of pyridine rings is 1. The lowest BCUT2D eigenvalue weighted by atomic mass is 10.0. The van der Waals surface area contributed by atoms with Crippen LogP contribution in [-0.2, 0) is 13.0 Å². The summed E-state index contributed by atoms with van der Waals surface area (Å²) in [6.07, 6.45) is 7.48. The van der Waals surface area contributed by atoms with Crippen LogP contribution in [0.25, 0.3) is 0 Å². The molecule has 2 aromatic rings. The number of aryl methyl sites for hydroxylation is 1. The fourth-order valence-corrected chi connectivity index (χ4v) is 3.59. The molecule has 144 valence electrons. The van der Waals surface area contributed by atoms with Crippen LogP contribution < -0.4 is 10.5 Å². The molecule has 0 aliphatic carbocycles. The molecule has 0 saturated carbocycles. The van der Waals surface area contributed by atoms with E-state index < -0.39 is 5.91 Å². The normalized spacial score (nSPS) is 15.6. The van der Waals surface area contributed by atoms with E-state index in [0.717, 1.165) is 25.3 Å². The van der Waals surface area contributed by atoms with Crippen molar-refractivity contribution >= 4 is 5.91 Å². The second-order valence-corrected chi connectivity index (χ2v) is 7.35. The van der Waals surface area contributed by atoms with E-state index in [1.54, 1.807) is 12.1 Å². The summed E-state index contributed by atoms with van der Waals surface area (Å²) in [5, 5.41) is 0. The fourth-order valence-electron chi connectivity index (χ4n) is 3.59. The van der Waals surface area contributed by atoms with Crippen molar-refractivity contribution in [2.75, 3.05) is 6.54 Å². The Hall–Kier alpha value is -2.40. The van der Waals surface area contributed by atoms with Crippen LogP contribution in [0.3, 0.4) is 0 Å². The van der Waals surface area contributed by atoms with Gasteiger partial charge in [0.2, 0.25) is 11.8 Å². The lowest BCUT2D eigenvalue weighted by molar-refractivity contribution is 0.1000. The monoisotopic (exact) mass is 367 g/mol. The van der Waals surface area contributed by atoms with E-state index in [1.807, 2.05) is 6.07 Å². The number of primary amides is 1. The van der Waals surface area contributed by atoms with Gasteiger partial charge < -0.3 is 10.5 Å². The maximum atomic E-state index is 11.1. The van der Waals surface area contributed by atoms with E-state index in [2.05, 4.69) is 35.9 Å². The fraction of sp³-hybridized carbons (Fsp3) is 0.455. The average molecular weight is 367 g/mol. The molecule has 1 amide bonds. The van der Waals surface area contributed by atoms with Gasteiger partial charge in [-0.15, -0.1) is 0 Å². The Morgan fingerprint density at radius 1 is 1.30 bits per heavy atom. The highest BCUT2D eigenvalue weighted by Gasteiger charge is 2.19. The average Bonchev–Trinajstić information content (AvgIpc) is 2.88. The highest BCUT2D eigenvalue weighted by Crippen LogP contribution is 2.27. The quantitative estimate of drug-likeness (QED) is 0.792. The van der Waals surface area contributed by atoms with Crippen LogP contribution in [0.15, 0.2) is 36.5 Å². The number of carbonyl (C=O) groups is 1. The highest BCUT2D eigenvalue weighted by molar-refractivity contribution is 5.92. The highest BCUT2D eigenvalue weighted by atomic mass is 16.5. The predicted octanol–water partition coefficient (Wildman–Crippen LogP) is 4.30. The van der Waals surface area contributed by atoms with Crippen molar-refractivity contribution in [3.05, 3.63) is 53.2 Å². The van der Waals surface area contributed by atoms with Crippen molar-refractivity contribution in [3.63, 3.8) is 0 Å². The molecule has 0 fully saturated rings. The number of ether oxygens (including phenoxy) is 1. The molecule has 1 aromatic carbocycles. The summed E-state index contributed by atoms with van der Waals surface area (Å²) < 4.78 is 5.87. The first-order valence-corrected chi connectivity index (χ1v) is 9.86. The smallest absolute Gasteiger partial charge is 0.250 e. The zero-order chi connectivity index (χ0) is 19.2. The molecule has 0 spiro atoms. The molecule has 1 aromatic heterocycles. The van der Waals surface area contributed by atoms with E-state index in [-0.39, 0.29) is 0 Å². The summed E-state index contributed by atoms with van der Waals surface area (Å²) in [5.74, 6) is 0.751. The predicted molar refractivity (Wildman–Crippen MR) is 107 cm³/mol. The maximum absolute atomic E-state index is 11.1. The second-order valence-electron chi connectivity index (χ2n) is 7.35. The summed E-state index contributed by atoms with van der Waals surface area (Å²) in [6.45, 7) is 6.75. The lowest BCUT2D eigenvalue weighted by Gasteiger charge is -2.28. The Morgan fingerprint density at radius 3 is 2.85 bits per heavy atom. The van der Waals surface area contributed by atoms with E-state index in [9.17, 15) is 4.79 Å². The van der Waals surface area contributed by atoms with E-state index >= 15 is 0 Å². The van der Waals surface area contributed by atoms with Gasteiger partial charge in [0, 0.05) is 24.8 Å². The third kappa shape index (κ3) is 5.07. The SMILES string of the molecule is CCCCC(C)N1CCCc2cc(Oc3ccc(C(N)=O)cn3)ccc2C1. The maximum Gasteiger partial charge on any atom is 0.250 e. The first kappa shape index (κ1) is 19.4. The number of hydrogen-bond donors (Lipinski definition) is 1. The first-order valence-electron chi connectivity index (χ1n) is 9.86. The molecule has 1 aliphatic rings. The van der Waals surface area contributed by atoms with Gasteiger partial charge in [-0.1, -0.05) is 25.8 Å². The van der Waals surface area contributed by atoms with Crippen LogP contribution in [0, 0.1) is 0 Å². The number of rotatable bonds is 7. The van der Waals surface area contributed by atoms with Crippen LogP contribution in [-0.4, -0.2) is 28.4 Å². The Labute approximate surface area is 161 Å². The minimum atomic E-state index is -0.489. The van der Waals surface area contributed by atoms with E-state index in [1.165, 1.54) is 43.0 Å².